The van der Waals surface area contributed by atoms with E-state index in [-0.39, 0.29) is 23.7 Å². The Kier molecular flexibility index (Phi) is 2.68. The van der Waals surface area contributed by atoms with Gasteiger partial charge in [-0.1, -0.05) is 6.92 Å². The molecule has 12 heavy (non-hydrogen) atoms. The van der Waals surface area contributed by atoms with Crippen molar-refractivity contribution in [2.45, 2.75) is 19.8 Å². The highest BCUT2D eigenvalue weighted by Crippen LogP contribution is 2.22. The van der Waals surface area contributed by atoms with Crippen LogP contribution in [0.4, 0.5) is 0 Å². The van der Waals surface area contributed by atoms with Crippen LogP contribution in [0.5, 0.6) is 0 Å². The second-order valence-electron chi connectivity index (χ2n) is 3.33. The summed E-state index contributed by atoms with van der Waals surface area (Å²) in [4.78, 5) is 21.7. The van der Waals surface area contributed by atoms with Crippen molar-refractivity contribution in [2.75, 3.05) is 6.54 Å². The fourth-order valence-corrected chi connectivity index (χ4v) is 1.62. The van der Waals surface area contributed by atoms with Crippen LogP contribution in [0.15, 0.2) is 0 Å². The second-order valence-corrected chi connectivity index (χ2v) is 3.33. The smallest absolute Gasteiger partial charge is 0.223 e. The summed E-state index contributed by atoms with van der Waals surface area (Å²) in [7, 11) is 0. The van der Waals surface area contributed by atoms with Gasteiger partial charge in [-0.15, -0.1) is 0 Å². The van der Waals surface area contributed by atoms with Crippen LogP contribution in [0.25, 0.3) is 0 Å². The van der Waals surface area contributed by atoms with Crippen LogP contribution in [0.3, 0.4) is 0 Å². The normalized spacial score (nSPS) is 25.1. The summed E-state index contributed by atoms with van der Waals surface area (Å²) < 4.78 is 0. The van der Waals surface area contributed by atoms with E-state index in [0.29, 0.717) is 6.42 Å². The molecule has 2 unspecified atom stereocenters. The first-order valence-corrected chi connectivity index (χ1v) is 4.17. The van der Waals surface area contributed by atoms with E-state index in [1.54, 1.807) is 0 Å². The molecule has 3 N–H and O–H groups in total. The molecule has 0 spiro atoms. The van der Waals surface area contributed by atoms with Gasteiger partial charge < -0.3 is 11.1 Å². The first-order chi connectivity index (χ1) is 5.61. The molecule has 1 fully saturated rings. The lowest BCUT2D eigenvalue weighted by Gasteiger charge is -2.13. The monoisotopic (exact) mass is 170 g/mol. The van der Waals surface area contributed by atoms with Crippen molar-refractivity contribution in [3.63, 3.8) is 0 Å². The number of nitrogens with one attached hydrogen (secondary N) is 1. The van der Waals surface area contributed by atoms with Crippen LogP contribution in [-0.2, 0) is 9.59 Å². The molecule has 0 saturated carbocycles. The van der Waals surface area contributed by atoms with E-state index in [2.05, 4.69) is 5.32 Å². The Morgan fingerprint density at radius 3 is 2.92 bits per heavy atom. The number of hydrogen-bond donors (Lipinski definition) is 2. The van der Waals surface area contributed by atoms with Crippen molar-refractivity contribution in [1.29, 1.82) is 0 Å². The zero-order valence-electron chi connectivity index (χ0n) is 7.17. The Labute approximate surface area is 71.5 Å². The number of nitrogens with two attached hydrogens (primary N) is 1. The number of primary amides is 1. The summed E-state index contributed by atoms with van der Waals surface area (Å²) in [5.41, 5.74) is 5.04. The number of amides is 2. The summed E-state index contributed by atoms with van der Waals surface area (Å²) in [6, 6.07) is 0. The summed E-state index contributed by atoms with van der Waals surface area (Å²) in [5, 5.41) is 2.73. The lowest BCUT2D eigenvalue weighted by Crippen LogP contribution is -2.26. The van der Waals surface area contributed by atoms with E-state index < -0.39 is 0 Å². The van der Waals surface area contributed by atoms with Gasteiger partial charge in [0.25, 0.3) is 0 Å². The van der Waals surface area contributed by atoms with Gasteiger partial charge in [0.2, 0.25) is 11.8 Å². The Hall–Kier alpha value is -1.06. The highest BCUT2D eigenvalue weighted by atomic mass is 16.2. The largest absolute Gasteiger partial charge is 0.370 e. The molecule has 0 radical (unpaired) electrons. The molecular weight excluding hydrogens is 156 g/mol. The van der Waals surface area contributed by atoms with Gasteiger partial charge in [0.1, 0.15) is 0 Å². The number of carbonyl (C=O) groups excluding carboxylic acids is 2. The van der Waals surface area contributed by atoms with E-state index in [1.807, 2.05) is 6.92 Å². The van der Waals surface area contributed by atoms with Crippen molar-refractivity contribution in [1.82, 2.24) is 5.32 Å². The van der Waals surface area contributed by atoms with Crippen molar-refractivity contribution < 1.29 is 9.59 Å². The molecule has 2 amide bonds. The lowest BCUT2D eigenvalue weighted by molar-refractivity contribution is -0.124. The quantitative estimate of drug-likeness (QED) is 0.606. The Morgan fingerprint density at radius 1 is 1.83 bits per heavy atom. The number of carbonyl (C=O) groups is 2. The molecule has 1 heterocycles. The Balaban J connectivity index is 2.45. The minimum absolute atomic E-state index is 0.0162. The van der Waals surface area contributed by atoms with Crippen LogP contribution < -0.4 is 11.1 Å². The van der Waals surface area contributed by atoms with Gasteiger partial charge >= 0.3 is 0 Å². The van der Waals surface area contributed by atoms with Gasteiger partial charge in [0.15, 0.2) is 0 Å². The number of rotatable bonds is 3. The second kappa shape index (κ2) is 3.56. The summed E-state index contributed by atoms with van der Waals surface area (Å²) in [6.07, 6.45) is 1.13. The zero-order valence-corrected chi connectivity index (χ0v) is 7.17. The fourth-order valence-electron chi connectivity index (χ4n) is 1.62. The molecule has 4 heteroatoms. The standard InChI is InChI=1S/C8H14N2O2/c1-5(4-7(9)11)6-2-3-10-8(6)12/h5-6H,2-4H2,1H3,(H2,9,11)(H,10,12). The van der Waals surface area contributed by atoms with Gasteiger partial charge in [0, 0.05) is 18.9 Å². The molecule has 0 bridgehead atoms. The Morgan fingerprint density at radius 2 is 2.50 bits per heavy atom. The van der Waals surface area contributed by atoms with Crippen LogP contribution in [0, 0.1) is 11.8 Å². The van der Waals surface area contributed by atoms with E-state index in [4.69, 9.17) is 5.73 Å². The van der Waals surface area contributed by atoms with Gasteiger partial charge in [-0.05, 0) is 12.3 Å². The first kappa shape index (κ1) is 9.03. The van der Waals surface area contributed by atoms with Crippen molar-refractivity contribution in [3.05, 3.63) is 0 Å². The van der Waals surface area contributed by atoms with E-state index >= 15 is 0 Å². The predicted molar refractivity (Wildman–Crippen MR) is 44.1 cm³/mol. The van der Waals surface area contributed by atoms with Gasteiger partial charge in [-0.3, -0.25) is 9.59 Å². The maximum absolute atomic E-state index is 11.1. The van der Waals surface area contributed by atoms with Crippen molar-refractivity contribution in [2.24, 2.45) is 17.6 Å². The third kappa shape index (κ3) is 1.96. The highest BCUT2D eigenvalue weighted by Gasteiger charge is 2.29. The molecule has 68 valence electrons. The van der Waals surface area contributed by atoms with Crippen LogP contribution in [-0.4, -0.2) is 18.4 Å². The third-order valence-electron chi connectivity index (χ3n) is 2.30. The average molecular weight is 170 g/mol. The van der Waals surface area contributed by atoms with E-state index in [0.717, 1.165) is 13.0 Å². The third-order valence-corrected chi connectivity index (χ3v) is 2.30. The first-order valence-electron chi connectivity index (χ1n) is 4.17. The van der Waals surface area contributed by atoms with Crippen molar-refractivity contribution in [3.8, 4) is 0 Å². The molecule has 1 aliphatic rings. The molecule has 0 aromatic heterocycles. The molecule has 1 saturated heterocycles. The molecule has 1 rings (SSSR count). The summed E-state index contributed by atoms with van der Waals surface area (Å²) >= 11 is 0. The summed E-state index contributed by atoms with van der Waals surface area (Å²) in [5.74, 6) is -0.214. The fraction of sp³-hybridized carbons (Fsp3) is 0.750. The van der Waals surface area contributed by atoms with E-state index in [1.165, 1.54) is 0 Å². The average Bonchev–Trinajstić information content (AvgIpc) is 2.33. The SMILES string of the molecule is CC(CC(N)=O)C1CCNC1=O. The van der Waals surface area contributed by atoms with Crippen LogP contribution in [0.1, 0.15) is 19.8 Å². The highest BCUT2D eigenvalue weighted by molar-refractivity contribution is 5.82. The molecule has 1 aliphatic heterocycles. The zero-order chi connectivity index (χ0) is 9.14. The van der Waals surface area contributed by atoms with Crippen molar-refractivity contribution >= 4 is 11.8 Å². The maximum Gasteiger partial charge on any atom is 0.223 e. The maximum atomic E-state index is 11.1. The van der Waals surface area contributed by atoms with Crippen LogP contribution >= 0.6 is 0 Å². The topological polar surface area (TPSA) is 72.2 Å². The summed E-state index contributed by atoms with van der Waals surface area (Å²) in [6.45, 7) is 2.62. The lowest BCUT2D eigenvalue weighted by atomic mass is 9.90. The predicted octanol–water partition coefficient (Wildman–Crippen LogP) is -0.366. The number of hydrogen-bond acceptors (Lipinski definition) is 2. The van der Waals surface area contributed by atoms with E-state index in [9.17, 15) is 9.59 Å². The van der Waals surface area contributed by atoms with Crippen LogP contribution in [0.2, 0.25) is 0 Å². The molecule has 0 aromatic carbocycles. The molecule has 0 aromatic rings. The molecular formula is C8H14N2O2. The molecule has 4 nitrogen and oxygen atoms in total. The van der Waals surface area contributed by atoms with Gasteiger partial charge in [0.05, 0.1) is 0 Å². The van der Waals surface area contributed by atoms with Gasteiger partial charge in [-0.2, -0.15) is 0 Å². The molecule has 2 atom stereocenters. The minimum atomic E-state index is -0.331. The Bertz CT molecular complexity index is 203. The molecule has 0 aliphatic carbocycles. The minimum Gasteiger partial charge on any atom is -0.370 e. The van der Waals surface area contributed by atoms with Gasteiger partial charge in [-0.25, -0.2) is 0 Å².